The van der Waals surface area contributed by atoms with Crippen LogP contribution in [0.4, 0.5) is 4.79 Å². The molecule has 1 amide bonds. The average molecular weight is 287 g/mol. The van der Waals surface area contributed by atoms with Gasteiger partial charge < -0.3 is 15.8 Å². The summed E-state index contributed by atoms with van der Waals surface area (Å²) in [6, 6.07) is 7.62. The van der Waals surface area contributed by atoms with Crippen molar-refractivity contribution >= 4 is 22.0 Å². The van der Waals surface area contributed by atoms with E-state index in [1.807, 2.05) is 24.3 Å². The minimum atomic E-state index is -0.406. The highest BCUT2D eigenvalue weighted by Crippen LogP contribution is 2.11. The number of benzene rings is 1. The van der Waals surface area contributed by atoms with Crippen LogP contribution in [0.1, 0.15) is 12.0 Å². The molecular formula is C11H15BrN2O2. The lowest BCUT2D eigenvalue weighted by Gasteiger charge is -2.06. The van der Waals surface area contributed by atoms with Crippen LogP contribution < -0.4 is 11.1 Å². The Kier molecular flexibility index (Phi) is 5.88. The topological polar surface area (TPSA) is 64.3 Å². The Morgan fingerprint density at radius 3 is 2.69 bits per heavy atom. The van der Waals surface area contributed by atoms with Crippen LogP contribution in [-0.2, 0) is 11.3 Å². The Labute approximate surface area is 103 Å². The van der Waals surface area contributed by atoms with Crippen molar-refractivity contribution in [3.05, 3.63) is 34.3 Å². The van der Waals surface area contributed by atoms with Gasteiger partial charge in [0.05, 0.1) is 0 Å². The zero-order valence-electron chi connectivity index (χ0n) is 8.91. The van der Waals surface area contributed by atoms with Crippen LogP contribution in [0.15, 0.2) is 28.7 Å². The number of carbonyl (C=O) groups is 1. The van der Waals surface area contributed by atoms with Crippen LogP contribution in [0.3, 0.4) is 0 Å². The van der Waals surface area contributed by atoms with Gasteiger partial charge in [0.2, 0.25) is 0 Å². The molecule has 1 aromatic carbocycles. The van der Waals surface area contributed by atoms with Gasteiger partial charge in [-0.25, -0.2) is 4.79 Å². The molecule has 3 N–H and O–H groups in total. The van der Waals surface area contributed by atoms with E-state index in [1.54, 1.807) is 0 Å². The minimum absolute atomic E-state index is 0.280. The van der Waals surface area contributed by atoms with Crippen LogP contribution in [-0.4, -0.2) is 19.2 Å². The molecular weight excluding hydrogens is 272 g/mol. The molecule has 1 rings (SSSR count). The van der Waals surface area contributed by atoms with Crippen molar-refractivity contribution in [1.82, 2.24) is 5.32 Å². The van der Waals surface area contributed by atoms with E-state index in [9.17, 15) is 4.79 Å². The molecule has 16 heavy (non-hydrogen) atoms. The van der Waals surface area contributed by atoms with E-state index in [4.69, 9.17) is 10.5 Å². The van der Waals surface area contributed by atoms with Gasteiger partial charge in [0.15, 0.2) is 0 Å². The number of carbonyl (C=O) groups excluding carboxylic acids is 1. The second-order valence-corrected chi connectivity index (χ2v) is 4.19. The van der Waals surface area contributed by atoms with E-state index < -0.39 is 6.09 Å². The molecule has 0 saturated carbocycles. The Balaban J connectivity index is 2.23. The molecule has 0 aliphatic carbocycles. The van der Waals surface area contributed by atoms with Gasteiger partial charge in [-0.05, 0) is 30.7 Å². The molecule has 0 saturated heterocycles. The second kappa shape index (κ2) is 7.24. The van der Waals surface area contributed by atoms with Gasteiger partial charge in [-0.3, -0.25) is 0 Å². The third kappa shape index (κ3) is 5.14. The van der Waals surface area contributed by atoms with Gasteiger partial charge in [-0.15, -0.1) is 0 Å². The molecule has 5 heteroatoms. The fourth-order valence-corrected chi connectivity index (χ4v) is 1.34. The quantitative estimate of drug-likeness (QED) is 0.814. The van der Waals surface area contributed by atoms with Crippen LogP contribution in [0.25, 0.3) is 0 Å². The van der Waals surface area contributed by atoms with Gasteiger partial charge >= 0.3 is 6.09 Å². The lowest BCUT2D eigenvalue weighted by molar-refractivity contribution is 0.139. The predicted octanol–water partition coefficient (Wildman–Crippen LogP) is 2.02. The maximum atomic E-state index is 11.2. The predicted molar refractivity (Wildman–Crippen MR) is 66.0 cm³/mol. The van der Waals surface area contributed by atoms with Crippen molar-refractivity contribution in [1.29, 1.82) is 0 Å². The number of hydrogen-bond acceptors (Lipinski definition) is 3. The Morgan fingerprint density at radius 2 is 2.06 bits per heavy atom. The summed E-state index contributed by atoms with van der Waals surface area (Å²) in [6.45, 7) is 1.39. The van der Waals surface area contributed by atoms with E-state index in [0.29, 0.717) is 13.1 Å². The molecule has 0 atom stereocenters. The molecule has 0 aliphatic rings. The number of hydrogen-bond donors (Lipinski definition) is 2. The largest absolute Gasteiger partial charge is 0.445 e. The van der Waals surface area contributed by atoms with Crippen molar-refractivity contribution in [2.45, 2.75) is 13.0 Å². The smallest absolute Gasteiger partial charge is 0.407 e. The Hall–Kier alpha value is -1.07. The number of nitrogens with two attached hydrogens (primary N) is 1. The van der Waals surface area contributed by atoms with Crippen LogP contribution in [0.5, 0.6) is 0 Å². The lowest BCUT2D eigenvalue weighted by atomic mass is 10.2. The lowest BCUT2D eigenvalue weighted by Crippen LogP contribution is -2.26. The highest BCUT2D eigenvalue weighted by molar-refractivity contribution is 9.10. The van der Waals surface area contributed by atoms with Crippen LogP contribution in [0, 0.1) is 0 Å². The summed E-state index contributed by atoms with van der Waals surface area (Å²) in [5, 5.41) is 2.61. The molecule has 4 nitrogen and oxygen atoms in total. The van der Waals surface area contributed by atoms with Crippen LogP contribution in [0.2, 0.25) is 0 Å². The third-order valence-electron chi connectivity index (χ3n) is 1.93. The minimum Gasteiger partial charge on any atom is -0.445 e. The van der Waals surface area contributed by atoms with E-state index in [0.717, 1.165) is 16.5 Å². The number of halogens is 1. The molecule has 0 heterocycles. The van der Waals surface area contributed by atoms with E-state index >= 15 is 0 Å². The average Bonchev–Trinajstić information content (AvgIpc) is 2.29. The highest BCUT2D eigenvalue weighted by atomic mass is 79.9. The summed E-state index contributed by atoms with van der Waals surface area (Å²) in [6.07, 6.45) is 0.351. The maximum absolute atomic E-state index is 11.2. The van der Waals surface area contributed by atoms with Gasteiger partial charge in [0.1, 0.15) is 6.61 Å². The van der Waals surface area contributed by atoms with Gasteiger partial charge in [-0.2, -0.15) is 0 Å². The number of alkyl carbamates (subject to hydrolysis) is 1. The van der Waals surface area contributed by atoms with Crippen molar-refractivity contribution in [2.75, 3.05) is 13.1 Å². The van der Waals surface area contributed by atoms with Gasteiger partial charge in [-0.1, -0.05) is 28.1 Å². The molecule has 88 valence electrons. The summed E-state index contributed by atoms with van der Waals surface area (Å²) in [5.74, 6) is 0. The van der Waals surface area contributed by atoms with Gasteiger partial charge in [0.25, 0.3) is 0 Å². The molecule has 0 fully saturated rings. The number of nitrogens with one attached hydrogen (secondary N) is 1. The number of ether oxygens (including phenoxy) is 1. The summed E-state index contributed by atoms with van der Waals surface area (Å²) >= 11 is 3.34. The third-order valence-corrected chi connectivity index (χ3v) is 2.46. The summed E-state index contributed by atoms with van der Waals surface area (Å²) in [4.78, 5) is 11.2. The molecule has 0 aromatic heterocycles. The first-order valence-electron chi connectivity index (χ1n) is 5.07. The fraction of sp³-hybridized carbons (Fsp3) is 0.364. The first-order valence-corrected chi connectivity index (χ1v) is 5.87. The van der Waals surface area contributed by atoms with E-state index in [-0.39, 0.29) is 6.61 Å². The van der Waals surface area contributed by atoms with Gasteiger partial charge in [0, 0.05) is 11.0 Å². The highest BCUT2D eigenvalue weighted by Gasteiger charge is 2.01. The number of rotatable bonds is 5. The molecule has 0 radical (unpaired) electrons. The SMILES string of the molecule is NCCCNC(=O)OCc1ccc(Br)cc1. The van der Waals surface area contributed by atoms with Crippen LogP contribution >= 0.6 is 15.9 Å². The Morgan fingerprint density at radius 1 is 1.38 bits per heavy atom. The Bertz CT molecular complexity index is 327. The first kappa shape index (κ1) is 13.0. The number of amides is 1. The monoisotopic (exact) mass is 286 g/mol. The normalized spacial score (nSPS) is 9.88. The molecule has 0 bridgehead atoms. The second-order valence-electron chi connectivity index (χ2n) is 3.27. The zero-order chi connectivity index (χ0) is 11.8. The molecule has 0 aliphatic heterocycles. The fourth-order valence-electron chi connectivity index (χ4n) is 1.07. The summed E-state index contributed by atoms with van der Waals surface area (Å²) in [5.41, 5.74) is 6.25. The van der Waals surface area contributed by atoms with E-state index in [2.05, 4.69) is 21.2 Å². The van der Waals surface area contributed by atoms with Crippen molar-refractivity contribution in [3.63, 3.8) is 0 Å². The molecule has 1 aromatic rings. The zero-order valence-corrected chi connectivity index (χ0v) is 10.5. The van der Waals surface area contributed by atoms with E-state index in [1.165, 1.54) is 0 Å². The van der Waals surface area contributed by atoms with Crippen molar-refractivity contribution in [3.8, 4) is 0 Å². The van der Waals surface area contributed by atoms with Crippen molar-refractivity contribution < 1.29 is 9.53 Å². The summed E-state index contributed by atoms with van der Waals surface area (Å²) < 4.78 is 6.01. The van der Waals surface area contributed by atoms with Crippen molar-refractivity contribution in [2.24, 2.45) is 5.73 Å². The maximum Gasteiger partial charge on any atom is 0.407 e. The standard InChI is InChI=1S/C11H15BrN2O2/c12-10-4-2-9(3-5-10)8-16-11(15)14-7-1-6-13/h2-5H,1,6-8,13H2,(H,14,15). The first-order chi connectivity index (χ1) is 7.72. The molecule has 0 spiro atoms. The summed E-state index contributed by atoms with van der Waals surface area (Å²) in [7, 11) is 0. The molecule has 0 unspecified atom stereocenters.